The number of hydrogen-bond donors (Lipinski definition) is 1. The molecule has 0 radical (unpaired) electrons. The van der Waals surface area contributed by atoms with Crippen molar-refractivity contribution in [2.24, 2.45) is 5.10 Å². The smallest absolute Gasteiger partial charge is 0.264 e. The first-order valence-electron chi connectivity index (χ1n) is 10.5. The van der Waals surface area contributed by atoms with Crippen LogP contribution in [0.1, 0.15) is 30.9 Å². The molecule has 0 saturated heterocycles. The Balaban J connectivity index is 1.79. The van der Waals surface area contributed by atoms with Crippen LogP contribution in [-0.2, 0) is 14.8 Å². The van der Waals surface area contributed by atoms with E-state index in [2.05, 4.69) is 24.4 Å². The number of sulfonamides is 1. The number of nitrogens with zero attached hydrogens (tertiary/aromatic N) is 2. The number of anilines is 1. The average Bonchev–Trinajstić information content (AvgIpc) is 2.83. The highest BCUT2D eigenvalue weighted by Crippen LogP contribution is 2.26. The van der Waals surface area contributed by atoms with Gasteiger partial charge in [-0.15, -0.1) is 0 Å². The number of methoxy groups -OCH3 is 1. The summed E-state index contributed by atoms with van der Waals surface area (Å²) in [5, 5.41) is 4.42. The van der Waals surface area contributed by atoms with Crippen LogP contribution in [0.4, 0.5) is 5.69 Å². The zero-order valence-electron chi connectivity index (χ0n) is 19.1. The topological polar surface area (TPSA) is 88.1 Å². The number of carbonyl (C=O) groups is 1. The van der Waals surface area contributed by atoms with E-state index in [0.29, 0.717) is 22.4 Å². The van der Waals surface area contributed by atoms with E-state index in [-0.39, 0.29) is 4.90 Å². The number of nitrogens with one attached hydrogen (secondary N) is 1. The number of hydrazone groups is 1. The van der Waals surface area contributed by atoms with Crippen LogP contribution < -0.4 is 14.5 Å². The number of hydrogen-bond acceptors (Lipinski definition) is 5. The van der Waals surface area contributed by atoms with E-state index in [4.69, 9.17) is 16.3 Å². The van der Waals surface area contributed by atoms with Gasteiger partial charge in [0.2, 0.25) is 0 Å². The third-order valence-electron chi connectivity index (χ3n) is 5.06. The second-order valence-electron chi connectivity index (χ2n) is 7.78. The predicted molar refractivity (Wildman–Crippen MR) is 135 cm³/mol. The molecule has 0 unspecified atom stereocenters. The minimum absolute atomic E-state index is 0.0183. The second kappa shape index (κ2) is 11.2. The van der Waals surface area contributed by atoms with Gasteiger partial charge in [0, 0.05) is 5.02 Å². The van der Waals surface area contributed by atoms with Crippen molar-refractivity contribution in [3.8, 4) is 5.75 Å². The molecule has 1 amide bonds. The normalized spacial score (nSPS) is 11.6. The highest BCUT2D eigenvalue weighted by atomic mass is 35.5. The van der Waals surface area contributed by atoms with Gasteiger partial charge in [0.25, 0.3) is 15.9 Å². The van der Waals surface area contributed by atoms with E-state index >= 15 is 0 Å². The van der Waals surface area contributed by atoms with Crippen molar-refractivity contribution in [2.75, 3.05) is 18.0 Å². The molecule has 0 bridgehead atoms. The first kappa shape index (κ1) is 25.3. The molecule has 7 nitrogen and oxygen atoms in total. The minimum Gasteiger partial charge on any atom is -0.497 e. The molecule has 3 rings (SSSR count). The fourth-order valence-corrected chi connectivity index (χ4v) is 4.66. The predicted octanol–water partition coefficient (Wildman–Crippen LogP) is 4.82. The number of rotatable bonds is 9. The molecule has 0 aliphatic heterocycles. The molecule has 0 heterocycles. The number of ether oxygens (including phenoxy) is 1. The lowest BCUT2D eigenvalue weighted by Gasteiger charge is -2.23. The molecule has 0 spiro atoms. The maximum absolute atomic E-state index is 13.4. The zero-order valence-corrected chi connectivity index (χ0v) is 20.7. The van der Waals surface area contributed by atoms with Gasteiger partial charge in [-0.1, -0.05) is 49.7 Å². The Morgan fingerprint density at radius 3 is 2.21 bits per heavy atom. The quantitative estimate of drug-likeness (QED) is 0.338. The van der Waals surface area contributed by atoms with Gasteiger partial charge in [-0.2, -0.15) is 5.10 Å². The molecule has 0 atom stereocenters. The lowest BCUT2D eigenvalue weighted by atomic mass is 10.0. The van der Waals surface area contributed by atoms with Crippen LogP contribution >= 0.6 is 11.6 Å². The minimum atomic E-state index is -4.06. The van der Waals surface area contributed by atoms with Gasteiger partial charge >= 0.3 is 0 Å². The standard InChI is InChI=1S/C25H26ClN3O4S/c1-18(2)20-6-4-19(5-7-20)16-27-28-25(30)17-29(22-10-8-21(26)9-11-22)34(31,32)24-14-12-23(33-3)13-15-24/h4-16,18H,17H2,1-3H3,(H,28,30)/b27-16-. The van der Waals surface area contributed by atoms with Crippen LogP contribution in [0.15, 0.2) is 82.8 Å². The Morgan fingerprint density at radius 2 is 1.65 bits per heavy atom. The molecule has 3 aromatic carbocycles. The molecule has 0 saturated carbocycles. The van der Waals surface area contributed by atoms with Gasteiger partial charge in [0.05, 0.1) is 23.9 Å². The maximum Gasteiger partial charge on any atom is 0.264 e. The molecule has 178 valence electrons. The molecule has 0 fully saturated rings. The van der Waals surface area contributed by atoms with Gasteiger partial charge < -0.3 is 4.74 Å². The number of amides is 1. The zero-order chi connectivity index (χ0) is 24.7. The van der Waals surface area contributed by atoms with Crippen LogP contribution in [-0.4, -0.2) is 34.2 Å². The largest absolute Gasteiger partial charge is 0.497 e. The Labute approximate surface area is 205 Å². The van der Waals surface area contributed by atoms with Gasteiger partial charge in [0.1, 0.15) is 12.3 Å². The van der Waals surface area contributed by atoms with Crippen LogP contribution in [0.2, 0.25) is 5.02 Å². The van der Waals surface area contributed by atoms with Crippen molar-refractivity contribution in [1.82, 2.24) is 5.43 Å². The Kier molecular flexibility index (Phi) is 8.31. The number of carbonyl (C=O) groups excluding carboxylic acids is 1. The molecule has 34 heavy (non-hydrogen) atoms. The monoisotopic (exact) mass is 499 g/mol. The van der Waals surface area contributed by atoms with Gasteiger partial charge in [-0.3, -0.25) is 9.10 Å². The SMILES string of the molecule is COc1ccc(S(=O)(=O)N(CC(=O)N/N=C\c2ccc(C(C)C)cc2)c2ccc(Cl)cc2)cc1. The third kappa shape index (κ3) is 6.36. The molecule has 0 aliphatic carbocycles. The molecule has 9 heteroatoms. The summed E-state index contributed by atoms with van der Waals surface area (Å²) in [6.07, 6.45) is 1.51. The summed E-state index contributed by atoms with van der Waals surface area (Å²) in [4.78, 5) is 12.6. The summed E-state index contributed by atoms with van der Waals surface area (Å²) in [7, 11) is -2.56. The molecule has 0 aliphatic rings. The maximum atomic E-state index is 13.4. The van der Waals surface area contributed by atoms with E-state index in [1.807, 2.05) is 24.3 Å². The van der Waals surface area contributed by atoms with Crippen molar-refractivity contribution >= 4 is 39.4 Å². The van der Waals surface area contributed by atoms with E-state index in [1.54, 1.807) is 24.3 Å². The van der Waals surface area contributed by atoms with Gasteiger partial charge in [-0.25, -0.2) is 13.8 Å². The summed E-state index contributed by atoms with van der Waals surface area (Å²) < 4.78 is 32.8. The Hall–Kier alpha value is -3.36. The summed E-state index contributed by atoms with van der Waals surface area (Å²) in [5.41, 5.74) is 4.70. The first-order valence-corrected chi connectivity index (χ1v) is 12.4. The fourth-order valence-electron chi connectivity index (χ4n) is 3.11. The molecule has 3 aromatic rings. The van der Waals surface area contributed by atoms with Crippen LogP contribution in [0, 0.1) is 0 Å². The highest BCUT2D eigenvalue weighted by molar-refractivity contribution is 7.92. The van der Waals surface area contributed by atoms with Crippen molar-refractivity contribution in [3.05, 3.63) is 88.9 Å². The molecule has 0 aromatic heterocycles. The highest BCUT2D eigenvalue weighted by Gasteiger charge is 2.27. The molecule has 1 N–H and O–H groups in total. The van der Waals surface area contributed by atoms with E-state index in [0.717, 1.165) is 9.87 Å². The van der Waals surface area contributed by atoms with E-state index in [1.165, 1.54) is 43.2 Å². The molecular weight excluding hydrogens is 474 g/mol. The van der Waals surface area contributed by atoms with Crippen molar-refractivity contribution in [2.45, 2.75) is 24.7 Å². The lowest BCUT2D eigenvalue weighted by Crippen LogP contribution is -2.39. The van der Waals surface area contributed by atoms with Crippen molar-refractivity contribution < 1.29 is 17.9 Å². The van der Waals surface area contributed by atoms with Crippen LogP contribution in [0.3, 0.4) is 0 Å². The van der Waals surface area contributed by atoms with Crippen molar-refractivity contribution in [1.29, 1.82) is 0 Å². The second-order valence-corrected chi connectivity index (χ2v) is 10.1. The molecular formula is C25H26ClN3O4S. The summed E-state index contributed by atoms with van der Waals surface area (Å²) >= 11 is 5.96. The fraction of sp³-hybridized carbons (Fsp3) is 0.200. The summed E-state index contributed by atoms with van der Waals surface area (Å²) in [6, 6.07) is 19.9. The lowest BCUT2D eigenvalue weighted by molar-refractivity contribution is -0.119. The Morgan fingerprint density at radius 1 is 1.03 bits per heavy atom. The summed E-state index contributed by atoms with van der Waals surface area (Å²) in [6.45, 7) is 3.74. The van der Waals surface area contributed by atoms with E-state index in [9.17, 15) is 13.2 Å². The van der Waals surface area contributed by atoms with E-state index < -0.39 is 22.5 Å². The first-order chi connectivity index (χ1) is 16.2. The van der Waals surface area contributed by atoms with Crippen LogP contribution in [0.5, 0.6) is 5.75 Å². The van der Waals surface area contributed by atoms with Crippen molar-refractivity contribution in [3.63, 3.8) is 0 Å². The average molecular weight is 500 g/mol. The van der Waals surface area contributed by atoms with Gasteiger partial charge in [0.15, 0.2) is 0 Å². The Bertz CT molecular complexity index is 1240. The van der Waals surface area contributed by atoms with Crippen LogP contribution in [0.25, 0.3) is 0 Å². The third-order valence-corrected chi connectivity index (χ3v) is 7.10. The summed E-state index contributed by atoms with van der Waals surface area (Å²) in [5.74, 6) is 0.338. The number of benzene rings is 3. The number of halogens is 1. The van der Waals surface area contributed by atoms with Gasteiger partial charge in [-0.05, 0) is 65.6 Å².